The molecule has 1 amide bonds. The number of nitrogens with one attached hydrogen (secondary N) is 3. The normalized spacial score (nSPS) is 15.8. The van der Waals surface area contributed by atoms with Crippen molar-refractivity contribution in [2.45, 2.75) is 58.3 Å². The third-order valence-electron chi connectivity index (χ3n) is 4.63. The van der Waals surface area contributed by atoms with E-state index < -0.39 is 0 Å². The molecule has 2 aromatic rings. The second-order valence-corrected chi connectivity index (χ2v) is 7.69. The molecule has 0 bridgehead atoms. The summed E-state index contributed by atoms with van der Waals surface area (Å²) in [6.07, 6.45) is 7.60. The number of aromatic nitrogens is 4. The maximum Gasteiger partial charge on any atom is 0.278 e. The number of hydrogen-bond donors (Lipinski definition) is 3. The van der Waals surface area contributed by atoms with E-state index in [0.717, 1.165) is 23.7 Å². The zero-order valence-corrected chi connectivity index (χ0v) is 15.7. The van der Waals surface area contributed by atoms with Crippen molar-refractivity contribution in [2.75, 3.05) is 5.32 Å². The summed E-state index contributed by atoms with van der Waals surface area (Å²) in [5, 5.41) is 17.1. The van der Waals surface area contributed by atoms with E-state index in [9.17, 15) is 4.79 Å². The van der Waals surface area contributed by atoms with Crippen LogP contribution in [0.3, 0.4) is 0 Å². The van der Waals surface area contributed by atoms with Crippen LogP contribution in [0.5, 0.6) is 0 Å². The number of hydrogen-bond acceptors (Lipinski definition) is 3. The minimum absolute atomic E-state index is 0.263. The fourth-order valence-corrected chi connectivity index (χ4v) is 4.10. The van der Waals surface area contributed by atoms with Crippen molar-refractivity contribution in [1.82, 2.24) is 20.4 Å². The summed E-state index contributed by atoms with van der Waals surface area (Å²) in [6.45, 7) is 4.09. The maximum atomic E-state index is 12.4. The van der Waals surface area contributed by atoms with Gasteiger partial charge >= 0.3 is 0 Å². The van der Waals surface area contributed by atoms with E-state index in [-0.39, 0.29) is 11.8 Å². The Bertz CT molecular complexity index is 700. The van der Waals surface area contributed by atoms with Gasteiger partial charge in [-0.05, 0) is 34.2 Å². The Morgan fingerprint density at radius 1 is 1.29 bits per heavy atom. The first kappa shape index (κ1) is 17.2. The van der Waals surface area contributed by atoms with Crippen LogP contribution in [0.4, 0.5) is 5.82 Å². The van der Waals surface area contributed by atoms with Crippen LogP contribution in [0.15, 0.2) is 10.5 Å². The molecule has 1 aliphatic carbocycles. The molecule has 0 radical (unpaired) electrons. The monoisotopic (exact) mass is 393 g/mol. The molecule has 0 unspecified atom stereocenters. The molecule has 1 saturated carbocycles. The number of halogens is 1. The number of H-pyrrole nitrogens is 2. The molecule has 1 aliphatic rings. The van der Waals surface area contributed by atoms with Crippen LogP contribution in [-0.4, -0.2) is 26.3 Å². The summed E-state index contributed by atoms with van der Waals surface area (Å²) in [7, 11) is 0. The second-order valence-electron chi connectivity index (χ2n) is 6.90. The number of aromatic amines is 2. The molecular formula is C17H24BrN5O. The van der Waals surface area contributed by atoms with Crippen molar-refractivity contribution < 1.29 is 4.79 Å². The zero-order valence-electron chi connectivity index (χ0n) is 14.2. The third kappa shape index (κ3) is 3.88. The zero-order chi connectivity index (χ0) is 17.1. The minimum Gasteiger partial charge on any atom is -0.304 e. The van der Waals surface area contributed by atoms with Gasteiger partial charge in [0.2, 0.25) is 0 Å². The van der Waals surface area contributed by atoms with E-state index >= 15 is 0 Å². The predicted molar refractivity (Wildman–Crippen MR) is 97.2 cm³/mol. The molecule has 0 aromatic carbocycles. The Morgan fingerprint density at radius 3 is 2.71 bits per heavy atom. The molecular weight excluding hydrogens is 370 g/mol. The highest BCUT2D eigenvalue weighted by atomic mass is 79.9. The lowest BCUT2D eigenvalue weighted by Gasteiger charge is -2.20. The molecule has 130 valence electrons. The minimum atomic E-state index is -0.263. The van der Waals surface area contributed by atoms with Crippen molar-refractivity contribution in [3.05, 3.63) is 27.6 Å². The van der Waals surface area contributed by atoms with E-state index in [0.29, 0.717) is 16.0 Å². The summed E-state index contributed by atoms with van der Waals surface area (Å²) in [4.78, 5) is 12.4. The topological polar surface area (TPSA) is 86.5 Å². The summed E-state index contributed by atoms with van der Waals surface area (Å²) < 4.78 is 0.716. The van der Waals surface area contributed by atoms with Gasteiger partial charge in [0.1, 0.15) is 0 Å². The number of amides is 1. The molecule has 2 heterocycles. The van der Waals surface area contributed by atoms with Gasteiger partial charge in [-0.2, -0.15) is 10.2 Å². The second kappa shape index (κ2) is 7.51. The number of rotatable bonds is 5. The molecule has 2 aromatic heterocycles. The molecule has 1 fully saturated rings. The van der Waals surface area contributed by atoms with E-state index in [1.54, 1.807) is 0 Å². The summed E-state index contributed by atoms with van der Waals surface area (Å²) in [5.41, 5.74) is 2.36. The third-order valence-corrected chi connectivity index (χ3v) is 5.43. The number of nitrogens with zero attached hydrogens (tertiary/aromatic N) is 2. The Labute approximate surface area is 150 Å². The van der Waals surface area contributed by atoms with Gasteiger partial charge in [0.05, 0.1) is 10.2 Å². The van der Waals surface area contributed by atoms with Crippen LogP contribution >= 0.6 is 15.9 Å². The van der Waals surface area contributed by atoms with Crippen molar-refractivity contribution in [3.63, 3.8) is 0 Å². The van der Waals surface area contributed by atoms with Gasteiger partial charge in [-0.15, -0.1) is 0 Å². The van der Waals surface area contributed by atoms with Gasteiger partial charge in [-0.25, -0.2) is 0 Å². The van der Waals surface area contributed by atoms with Crippen LogP contribution in [-0.2, 0) is 6.42 Å². The first-order valence-electron chi connectivity index (χ1n) is 8.64. The van der Waals surface area contributed by atoms with Crippen molar-refractivity contribution in [2.24, 2.45) is 5.92 Å². The van der Waals surface area contributed by atoms with Gasteiger partial charge in [-0.1, -0.05) is 46.0 Å². The van der Waals surface area contributed by atoms with Crippen LogP contribution in [0.25, 0.3) is 0 Å². The van der Waals surface area contributed by atoms with Crippen LogP contribution in [0.2, 0.25) is 0 Å². The van der Waals surface area contributed by atoms with Gasteiger partial charge in [0.25, 0.3) is 5.91 Å². The SMILES string of the molecule is CC(C)c1[nH]nc(C(=O)Nc2cc(CC3CCCCC3)[nH]n2)c1Br. The van der Waals surface area contributed by atoms with E-state index in [4.69, 9.17) is 0 Å². The fraction of sp³-hybridized carbons (Fsp3) is 0.588. The average Bonchev–Trinajstić information content (AvgIpc) is 3.15. The maximum absolute atomic E-state index is 12.4. The highest BCUT2D eigenvalue weighted by Gasteiger charge is 2.20. The van der Waals surface area contributed by atoms with Gasteiger partial charge in [0, 0.05) is 11.8 Å². The molecule has 0 atom stereocenters. The Kier molecular flexibility index (Phi) is 5.38. The van der Waals surface area contributed by atoms with Gasteiger partial charge in [-0.3, -0.25) is 15.0 Å². The van der Waals surface area contributed by atoms with Crippen LogP contribution in [0, 0.1) is 5.92 Å². The van der Waals surface area contributed by atoms with Gasteiger partial charge in [0.15, 0.2) is 11.5 Å². The number of carbonyl (C=O) groups is 1. The Balaban J connectivity index is 1.62. The molecule has 0 saturated heterocycles. The van der Waals surface area contributed by atoms with Crippen LogP contribution < -0.4 is 5.32 Å². The fourth-order valence-electron chi connectivity index (χ4n) is 3.28. The number of carbonyl (C=O) groups excluding carboxylic acids is 1. The predicted octanol–water partition coefficient (Wildman–Crippen LogP) is 4.39. The first-order valence-corrected chi connectivity index (χ1v) is 9.43. The smallest absolute Gasteiger partial charge is 0.278 e. The van der Waals surface area contributed by atoms with E-state index in [2.05, 4.69) is 41.6 Å². The van der Waals surface area contributed by atoms with E-state index in [1.165, 1.54) is 32.1 Å². The molecule has 7 heteroatoms. The first-order chi connectivity index (χ1) is 11.5. The van der Waals surface area contributed by atoms with E-state index in [1.807, 2.05) is 19.9 Å². The lowest BCUT2D eigenvalue weighted by atomic mass is 9.86. The van der Waals surface area contributed by atoms with Crippen LogP contribution in [0.1, 0.15) is 73.7 Å². The summed E-state index contributed by atoms with van der Waals surface area (Å²) in [6, 6.07) is 1.93. The number of anilines is 1. The molecule has 3 rings (SSSR count). The Morgan fingerprint density at radius 2 is 2.04 bits per heavy atom. The Hall–Kier alpha value is -1.63. The molecule has 3 N–H and O–H groups in total. The highest BCUT2D eigenvalue weighted by Crippen LogP contribution is 2.28. The lowest BCUT2D eigenvalue weighted by Crippen LogP contribution is -2.13. The largest absolute Gasteiger partial charge is 0.304 e. The summed E-state index contributed by atoms with van der Waals surface area (Å²) in [5.74, 6) is 1.28. The van der Waals surface area contributed by atoms with Crippen molar-refractivity contribution in [1.29, 1.82) is 0 Å². The van der Waals surface area contributed by atoms with Crippen molar-refractivity contribution >= 4 is 27.7 Å². The van der Waals surface area contributed by atoms with Crippen molar-refractivity contribution in [3.8, 4) is 0 Å². The summed E-state index contributed by atoms with van der Waals surface area (Å²) >= 11 is 3.45. The molecule has 6 nitrogen and oxygen atoms in total. The molecule has 0 spiro atoms. The highest BCUT2D eigenvalue weighted by molar-refractivity contribution is 9.10. The standard InChI is InChI=1S/C17H24BrN5O/c1-10(2)15-14(18)16(23-22-15)17(24)19-13-9-12(20-21-13)8-11-6-4-3-5-7-11/h9-11H,3-8H2,1-2H3,(H,22,23)(H2,19,20,21,24). The lowest BCUT2D eigenvalue weighted by molar-refractivity contribution is 0.102. The molecule has 0 aliphatic heterocycles. The van der Waals surface area contributed by atoms with Gasteiger partial charge < -0.3 is 5.32 Å². The quantitative estimate of drug-likeness (QED) is 0.703. The molecule has 24 heavy (non-hydrogen) atoms. The average molecular weight is 394 g/mol.